The van der Waals surface area contributed by atoms with Crippen LogP contribution < -0.4 is 0 Å². The molecule has 1 aromatic heterocycles. The van der Waals surface area contributed by atoms with Gasteiger partial charge in [0.15, 0.2) is 0 Å². The summed E-state index contributed by atoms with van der Waals surface area (Å²) in [4.78, 5) is 5.32. The number of hydrogen-bond acceptors (Lipinski definition) is 2. The highest BCUT2D eigenvalue weighted by Gasteiger charge is 2.23. The maximum absolute atomic E-state index is 6.17. The molecular formula is C11H12Cl3NS. The average molecular weight is 297 g/mol. The van der Waals surface area contributed by atoms with Crippen molar-refractivity contribution in [3.8, 4) is 0 Å². The Bertz CT molecular complexity index is 448. The zero-order valence-corrected chi connectivity index (χ0v) is 12.1. The largest absolute Gasteiger partial charge is 0.248 e. The molecule has 0 saturated carbocycles. The summed E-state index contributed by atoms with van der Waals surface area (Å²) in [5.41, 5.74) is 2.64. The minimum absolute atomic E-state index is 0. The SMILES string of the molecule is Cc1csc(C2CC(Cl)=NC=C2Cl)c1C.Cl. The zero-order chi connectivity index (χ0) is 11.0. The van der Waals surface area contributed by atoms with Crippen LogP contribution in [0.4, 0.5) is 0 Å². The molecule has 1 aliphatic heterocycles. The van der Waals surface area contributed by atoms with Crippen molar-refractivity contribution < 1.29 is 0 Å². The highest BCUT2D eigenvalue weighted by Crippen LogP contribution is 2.39. The molecule has 0 aliphatic carbocycles. The molecule has 1 aliphatic rings. The van der Waals surface area contributed by atoms with Gasteiger partial charge in [0.1, 0.15) is 5.17 Å². The van der Waals surface area contributed by atoms with Gasteiger partial charge < -0.3 is 0 Å². The van der Waals surface area contributed by atoms with Crippen molar-refractivity contribution in [3.63, 3.8) is 0 Å². The maximum atomic E-state index is 6.17. The average Bonchev–Trinajstić information content (AvgIpc) is 2.52. The second kappa shape index (κ2) is 5.54. The normalized spacial score (nSPS) is 19.9. The van der Waals surface area contributed by atoms with Crippen LogP contribution in [0.25, 0.3) is 0 Å². The Balaban J connectivity index is 0.00000128. The molecule has 1 nitrogen and oxygen atoms in total. The molecule has 0 aromatic carbocycles. The van der Waals surface area contributed by atoms with Gasteiger partial charge in [-0.25, -0.2) is 4.99 Å². The molecule has 1 aromatic rings. The molecule has 2 heterocycles. The fourth-order valence-electron chi connectivity index (χ4n) is 1.62. The molecule has 0 bridgehead atoms. The first-order valence-electron chi connectivity index (χ1n) is 4.72. The van der Waals surface area contributed by atoms with E-state index in [0.29, 0.717) is 5.17 Å². The summed E-state index contributed by atoms with van der Waals surface area (Å²) in [6.45, 7) is 4.25. The Labute approximate surface area is 116 Å². The van der Waals surface area contributed by atoms with E-state index in [4.69, 9.17) is 23.2 Å². The molecule has 0 radical (unpaired) electrons. The summed E-state index contributed by atoms with van der Waals surface area (Å²) < 4.78 is 0. The first kappa shape index (κ1) is 14.0. The topological polar surface area (TPSA) is 12.4 Å². The summed E-state index contributed by atoms with van der Waals surface area (Å²) in [7, 11) is 0. The van der Waals surface area contributed by atoms with Gasteiger partial charge in [-0.05, 0) is 30.4 Å². The van der Waals surface area contributed by atoms with E-state index in [1.165, 1.54) is 16.0 Å². The summed E-state index contributed by atoms with van der Waals surface area (Å²) in [5, 5.41) is 3.58. The van der Waals surface area contributed by atoms with Gasteiger partial charge in [0.25, 0.3) is 0 Å². The molecule has 16 heavy (non-hydrogen) atoms. The fraction of sp³-hybridized carbons (Fsp3) is 0.364. The molecule has 1 unspecified atom stereocenters. The first-order valence-corrected chi connectivity index (χ1v) is 6.35. The van der Waals surface area contributed by atoms with Crippen LogP contribution in [0.15, 0.2) is 21.6 Å². The van der Waals surface area contributed by atoms with Crippen molar-refractivity contribution in [2.45, 2.75) is 26.2 Å². The highest BCUT2D eigenvalue weighted by molar-refractivity contribution is 7.10. The van der Waals surface area contributed by atoms with E-state index < -0.39 is 0 Å². The summed E-state index contributed by atoms with van der Waals surface area (Å²) in [6, 6.07) is 0. The Morgan fingerprint density at radius 2 is 2.06 bits per heavy atom. The maximum Gasteiger partial charge on any atom is 0.107 e. The molecule has 0 fully saturated rings. The number of nitrogens with zero attached hydrogens (tertiary/aromatic N) is 1. The van der Waals surface area contributed by atoms with E-state index in [0.717, 1.165) is 11.5 Å². The lowest BCUT2D eigenvalue weighted by Gasteiger charge is -2.17. The lowest BCUT2D eigenvalue weighted by molar-refractivity contribution is 0.876. The second-order valence-corrected chi connectivity index (χ2v) is 5.47. The lowest BCUT2D eigenvalue weighted by atomic mass is 9.98. The van der Waals surface area contributed by atoms with E-state index in [-0.39, 0.29) is 18.3 Å². The quantitative estimate of drug-likeness (QED) is 0.692. The van der Waals surface area contributed by atoms with Gasteiger partial charge in [-0.1, -0.05) is 23.2 Å². The predicted molar refractivity (Wildman–Crippen MR) is 75.6 cm³/mol. The first-order chi connectivity index (χ1) is 7.09. The standard InChI is InChI=1S/C11H11Cl2NS.ClH/c1-6-5-15-11(7(6)2)8-3-10(13)14-4-9(8)12;/h4-5,8H,3H2,1-2H3;1H. The van der Waals surface area contributed by atoms with Crippen LogP contribution >= 0.6 is 46.9 Å². The number of halogens is 3. The molecule has 0 spiro atoms. The Morgan fingerprint density at radius 3 is 2.62 bits per heavy atom. The number of aliphatic imine (C=N–C) groups is 1. The third-order valence-electron chi connectivity index (χ3n) is 2.67. The molecule has 2 rings (SSSR count). The molecule has 88 valence electrons. The molecule has 5 heteroatoms. The molecule has 0 N–H and O–H groups in total. The van der Waals surface area contributed by atoms with Gasteiger partial charge in [0, 0.05) is 28.4 Å². The van der Waals surface area contributed by atoms with Gasteiger partial charge >= 0.3 is 0 Å². The van der Waals surface area contributed by atoms with Gasteiger partial charge in [-0.15, -0.1) is 23.7 Å². The number of thiophene rings is 1. The Morgan fingerprint density at radius 1 is 1.38 bits per heavy atom. The van der Waals surface area contributed by atoms with E-state index in [1.807, 2.05) is 0 Å². The van der Waals surface area contributed by atoms with Crippen LogP contribution in [0.3, 0.4) is 0 Å². The molecule has 0 saturated heterocycles. The van der Waals surface area contributed by atoms with Crippen LogP contribution in [0.5, 0.6) is 0 Å². The predicted octanol–water partition coefficient (Wildman–Crippen LogP) is 4.99. The van der Waals surface area contributed by atoms with Crippen LogP contribution in [0.2, 0.25) is 0 Å². The molecule has 1 atom stereocenters. The van der Waals surface area contributed by atoms with Crippen molar-refractivity contribution in [3.05, 3.63) is 32.6 Å². The van der Waals surface area contributed by atoms with E-state index in [9.17, 15) is 0 Å². The Kier molecular flexibility index (Phi) is 4.87. The fourth-order valence-corrected chi connectivity index (χ4v) is 3.32. The third kappa shape index (κ3) is 2.62. The summed E-state index contributed by atoms with van der Waals surface area (Å²) in [6.07, 6.45) is 2.38. The monoisotopic (exact) mass is 295 g/mol. The second-order valence-electron chi connectivity index (χ2n) is 3.68. The van der Waals surface area contributed by atoms with Gasteiger partial charge in [0.2, 0.25) is 0 Å². The van der Waals surface area contributed by atoms with Crippen molar-refractivity contribution >= 4 is 52.1 Å². The zero-order valence-electron chi connectivity index (χ0n) is 8.96. The minimum Gasteiger partial charge on any atom is -0.248 e. The summed E-state index contributed by atoms with van der Waals surface area (Å²) in [5.74, 6) is 0.204. The van der Waals surface area contributed by atoms with Gasteiger partial charge in [0.05, 0.1) is 0 Å². The van der Waals surface area contributed by atoms with Crippen molar-refractivity contribution in [2.24, 2.45) is 4.99 Å². The van der Waals surface area contributed by atoms with Crippen LogP contribution in [0.1, 0.15) is 28.3 Å². The molecule has 0 amide bonds. The van der Waals surface area contributed by atoms with E-state index in [2.05, 4.69) is 24.2 Å². The number of rotatable bonds is 1. The number of hydrogen-bond donors (Lipinski definition) is 0. The van der Waals surface area contributed by atoms with Crippen LogP contribution in [-0.4, -0.2) is 5.17 Å². The minimum atomic E-state index is 0. The molecular weight excluding hydrogens is 285 g/mol. The van der Waals surface area contributed by atoms with Crippen LogP contribution in [-0.2, 0) is 0 Å². The highest BCUT2D eigenvalue weighted by atomic mass is 35.5. The van der Waals surface area contributed by atoms with Crippen molar-refractivity contribution in [2.75, 3.05) is 0 Å². The third-order valence-corrected chi connectivity index (χ3v) is 4.60. The van der Waals surface area contributed by atoms with Crippen LogP contribution in [0, 0.1) is 13.8 Å². The lowest BCUT2D eigenvalue weighted by Crippen LogP contribution is -2.06. The smallest absolute Gasteiger partial charge is 0.107 e. The number of allylic oxidation sites excluding steroid dienone is 1. The number of aryl methyl sites for hydroxylation is 1. The van der Waals surface area contributed by atoms with Gasteiger partial charge in [-0.3, -0.25) is 0 Å². The van der Waals surface area contributed by atoms with Crippen molar-refractivity contribution in [1.29, 1.82) is 0 Å². The van der Waals surface area contributed by atoms with Gasteiger partial charge in [-0.2, -0.15) is 0 Å². The van der Waals surface area contributed by atoms with Crippen molar-refractivity contribution in [1.82, 2.24) is 0 Å². The van der Waals surface area contributed by atoms with E-state index in [1.54, 1.807) is 17.5 Å². The Hall–Kier alpha value is -0.0200. The summed E-state index contributed by atoms with van der Waals surface area (Å²) >= 11 is 13.9. The van der Waals surface area contributed by atoms with E-state index >= 15 is 0 Å².